The van der Waals surface area contributed by atoms with E-state index in [4.69, 9.17) is 4.74 Å². The first kappa shape index (κ1) is 18.8. The number of aromatic nitrogens is 4. The minimum atomic E-state index is -0.659. The maximum Gasteiger partial charge on any atom is 0.357 e. The maximum atomic E-state index is 12.6. The van der Waals surface area contributed by atoms with E-state index in [2.05, 4.69) is 20.8 Å². The topological polar surface area (TPSA) is 99.0 Å². The molecule has 0 atom stereocenters. The lowest BCUT2D eigenvalue weighted by molar-refractivity contribution is -0.143. The molecule has 1 saturated carbocycles. The van der Waals surface area contributed by atoms with Crippen LogP contribution in [0.3, 0.4) is 0 Å². The second-order valence-corrected chi connectivity index (χ2v) is 6.56. The molecule has 1 N–H and O–H groups in total. The van der Waals surface area contributed by atoms with Gasteiger partial charge in [0.05, 0.1) is 0 Å². The van der Waals surface area contributed by atoms with Gasteiger partial charge in [0.25, 0.3) is 5.91 Å². The molecule has 0 unspecified atom stereocenters. The summed E-state index contributed by atoms with van der Waals surface area (Å²) in [5.74, 6) is -0.503. The summed E-state index contributed by atoms with van der Waals surface area (Å²) in [6, 6.07) is 9.47. The number of tetrazole rings is 1. The van der Waals surface area contributed by atoms with Crippen molar-refractivity contribution in [3.63, 3.8) is 0 Å². The summed E-state index contributed by atoms with van der Waals surface area (Å²) in [5.41, 5.74) is 0.945. The number of esters is 1. The minimum Gasteiger partial charge on any atom is -0.451 e. The van der Waals surface area contributed by atoms with Crippen molar-refractivity contribution in [1.82, 2.24) is 25.5 Å². The highest BCUT2D eigenvalue weighted by molar-refractivity contribution is 6.15. The van der Waals surface area contributed by atoms with Crippen LogP contribution in [0.1, 0.15) is 43.5 Å². The molecule has 3 rings (SSSR count). The molecule has 1 aliphatic carbocycles. The first-order valence-electron chi connectivity index (χ1n) is 9.12. The van der Waals surface area contributed by atoms with Gasteiger partial charge in [0.2, 0.25) is 0 Å². The number of rotatable bonds is 6. The highest BCUT2D eigenvalue weighted by atomic mass is 16.5. The third kappa shape index (κ3) is 5.22. The number of aryl methyl sites for hydroxylation is 1. The van der Waals surface area contributed by atoms with Crippen molar-refractivity contribution in [1.29, 1.82) is 0 Å². The molecule has 0 saturated heterocycles. The van der Waals surface area contributed by atoms with Crippen LogP contribution in [0.2, 0.25) is 0 Å². The molecule has 142 valence electrons. The predicted octanol–water partition coefficient (Wildman–Crippen LogP) is 1.97. The molecule has 0 radical (unpaired) electrons. The molecule has 1 fully saturated rings. The zero-order valence-electron chi connectivity index (χ0n) is 15.3. The molecule has 1 aliphatic rings. The van der Waals surface area contributed by atoms with Crippen LogP contribution < -0.4 is 5.32 Å². The van der Waals surface area contributed by atoms with Crippen molar-refractivity contribution < 1.29 is 14.3 Å². The van der Waals surface area contributed by atoms with E-state index in [-0.39, 0.29) is 24.3 Å². The Balaban J connectivity index is 1.67. The molecule has 1 aromatic carbocycles. The quantitative estimate of drug-likeness (QED) is 0.617. The van der Waals surface area contributed by atoms with Gasteiger partial charge in [-0.25, -0.2) is 4.79 Å². The van der Waals surface area contributed by atoms with E-state index in [0.29, 0.717) is 5.82 Å². The van der Waals surface area contributed by atoms with Gasteiger partial charge >= 0.3 is 5.97 Å². The smallest absolute Gasteiger partial charge is 0.357 e. The summed E-state index contributed by atoms with van der Waals surface area (Å²) in [7, 11) is 0. The van der Waals surface area contributed by atoms with Gasteiger partial charge in [-0.3, -0.25) is 4.79 Å². The van der Waals surface area contributed by atoms with Crippen LogP contribution >= 0.6 is 0 Å². The summed E-state index contributed by atoms with van der Waals surface area (Å²) in [4.78, 5) is 24.7. The lowest BCUT2D eigenvalue weighted by Gasteiger charge is -2.22. The van der Waals surface area contributed by atoms with Crippen LogP contribution in [0.15, 0.2) is 30.3 Å². The van der Waals surface area contributed by atoms with Crippen molar-refractivity contribution in [2.24, 2.45) is 0 Å². The number of nitrogens with one attached hydrogen (secondary N) is 1. The summed E-state index contributed by atoms with van der Waals surface area (Å²) < 4.78 is 6.52. The number of carbonyl (C=O) groups excluding carboxylic acids is 2. The van der Waals surface area contributed by atoms with Crippen LogP contribution in [0.25, 0.3) is 11.8 Å². The van der Waals surface area contributed by atoms with Gasteiger partial charge in [-0.15, -0.1) is 5.10 Å². The van der Waals surface area contributed by atoms with Crippen LogP contribution in [0.4, 0.5) is 0 Å². The zero-order valence-corrected chi connectivity index (χ0v) is 15.3. The van der Waals surface area contributed by atoms with Crippen molar-refractivity contribution in [3.8, 4) is 0 Å². The molecule has 2 aromatic rings. The van der Waals surface area contributed by atoms with E-state index >= 15 is 0 Å². The average molecular weight is 369 g/mol. The van der Waals surface area contributed by atoms with Crippen molar-refractivity contribution in [3.05, 3.63) is 41.7 Å². The summed E-state index contributed by atoms with van der Waals surface area (Å²) in [6.07, 6.45) is 7.02. The second-order valence-electron chi connectivity index (χ2n) is 6.56. The van der Waals surface area contributed by atoms with Gasteiger partial charge in [-0.1, -0.05) is 49.6 Å². The molecule has 1 amide bonds. The Kier molecular flexibility index (Phi) is 6.30. The summed E-state index contributed by atoms with van der Waals surface area (Å²) in [6.45, 7) is 1.35. The van der Waals surface area contributed by atoms with Crippen molar-refractivity contribution in [2.75, 3.05) is 6.61 Å². The Morgan fingerprint density at radius 1 is 1.22 bits per heavy atom. The summed E-state index contributed by atoms with van der Waals surface area (Å²) >= 11 is 0. The highest BCUT2D eigenvalue weighted by Gasteiger charge is 2.20. The lowest BCUT2D eigenvalue weighted by atomic mass is 9.95. The third-order valence-corrected chi connectivity index (χ3v) is 4.47. The third-order valence-electron chi connectivity index (χ3n) is 4.47. The SMILES string of the molecule is Cc1nnnn1C(=Cc1ccccc1)C(=O)OCC(=O)NC1CCCCC1. The lowest BCUT2D eigenvalue weighted by Crippen LogP contribution is -2.38. The van der Waals surface area contributed by atoms with Gasteiger partial charge in [0.15, 0.2) is 18.1 Å². The Hall–Kier alpha value is -3.03. The van der Waals surface area contributed by atoms with Gasteiger partial charge in [-0.05, 0) is 41.8 Å². The molecule has 27 heavy (non-hydrogen) atoms. The number of nitrogens with zero attached hydrogens (tertiary/aromatic N) is 4. The van der Waals surface area contributed by atoms with Crippen LogP contribution in [-0.2, 0) is 14.3 Å². The molecule has 1 aromatic heterocycles. The first-order chi connectivity index (χ1) is 13.1. The Labute approximate surface area is 157 Å². The molecule has 8 nitrogen and oxygen atoms in total. The Morgan fingerprint density at radius 3 is 2.63 bits per heavy atom. The highest BCUT2D eigenvalue weighted by Crippen LogP contribution is 2.17. The number of hydrogen-bond acceptors (Lipinski definition) is 6. The van der Waals surface area contributed by atoms with Crippen molar-refractivity contribution in [2.45, 2.75) is 45.1 Å². The van der Waals surface area contributed by atoms with E-state index in [9.17, 15) is 9.59 Å². The monoisotopic (exact) mass is 369 g/mol. The molecule has 0 spiro atoms. The standard InChI is InChI=1S/C19H23N5O3/c1-14-21-22-23-24(14)17(12-15-8-4-2-5-9-15)19(26)27-13-18(25)20-16-10-6-3-7-11-16/h2,4-5,8-9,12,16H,3,6-7,10-11,13H2,1H3,(H,20,25). The second kappa shape index (κ2) is 9.07. The Bertz CT molecular complexity index is 810. The van der Waals surface area contributed by atoms with E-state index < -0.39 is 5.97 Å². The number of hydrogen-bond donors (Lipinski definition) is 1. The van der Waals surface area contributed by atoms with Crippen LogP contribution in [-0.4, -0.2) is 44.7 Å². The Morgan fingerprint density at radius 2 is 1.96 bits per heavy atom. The number of ether oxygens (including phenoxy) is 1. The maximum absolute atomic E-state index is 12.6. The fourth-order valence-corrected chi connectivity index (χ4v) is 3.09. The minimum absolute atomic E-state index is 0.147. The molecular formula is C19H23N5O3. The largest absolute Gasteiger partial charge is 0.451 e. The molecule has 0 aliphatic heterocycles. The van der Waals surface area contributed by atoms with Gasteiger partial charge in [0.1, 0.15) is 0 Å². The van der Waals surface area contributed by atoms with Gasteiger partial charge in [-0.2, -0.15) is 4.68 Å². The van der Waals surface area contributed by atoms with Gasteiger partial charge < -0.3 is 10.1 Å². The molecular weight excluding hydrogens is 346 g/mol. The van der Waals surface area contributed by atoms with Crippen LogP contribution in [0, 0.1) is 6.92 Å². The average Bonchev–Trinajstić information content (AvgIpc) is 3.11. The number of benzene rings is 1. The summed E-state index contributed by atoms with van der Waals surface area (Å²) in [5, 5.41) is 14.1. The van der Waals surface area contributed by atoms with E-state index in [0.717, 1.165) is 31.2 Å². The van der Waals surface area contributed by atoms with Crippen molar-refractivity contribution >= 4 is 23.6 Å². The molecule has 1 heterocycles. The zero-order chi connectivity index (χ0) is 19.1. The molecule has 0 bridgehead atoms. The van der Waals surface area contributed by atoms with E-state index in [1.54, 1.807) is 13.0 Å². The normalized spacial score (nSPS) is 15.4. The number of amides is 1. The van der Waals surface area contributed by atoms with E-state index in [1.165, 1.54) is 11.1 Å². The fraction of sp³-hybridized carbons (Fsp3) is 0.421. The first-order valence-corrected chi connectivity index (χ1v) is 9.12. The van der Waals surface area contributed by atoms with Crippen LogP contribution in [0.5, 0.6) is 0 Å². The van der Waals surface area contributed by atoms with E-state index in [1.807, 2.05) is 30.3 Å². The number of carbonyl (C=O) groups is 2. The molecule has 8 heteroatoms. The predicted molar refractivity (Wildman–Crippen MR) is 99.1 cm³/mol. The fourth-order valence-electron chi connectivity index (χ4n) is 3.09. The van der Waals surface area contributed by atoms with Gasteiger partial charge in [0, 0.05) is 6.04 Å².